The molecule has 0 spiro atoms. The quantitative estimate of drug-likeness (QED) is 0.779. The summed E-state index contributed by atoms with van der Waals surface area (Å²) in [5, 5.41) is 9.09. The van der Waals surface area contributed by atoms with Crippen molar-refractivity contribution in [3.63, 3.8) is 0 Å². The van der Waals surface area contributed by atoms with Crippen molar-refractivity contribution in [1.82, 2.24) is 4.57 Å². The number of hydrogen-bond donors (Lipinski definition) is 0. The lowest BCUT2D eigenvalue weighted by Gasteiger charge is -2.14. The van der Waals surface area contributed by atoms with Crippen LogP contribution in [0.25, 0.3) is 0 Å². The van der Waals surface area contributed by atoms with Crippen LogP contribution in [0.1, 0.15) is 48.8 Å². The molecule has 1 aromatic rings. The van der Waals surface area contributed by atoms with Gasteiger partial charge in [0.25, 0.3) is 5.56 Å². The maximum Gasteiger partial charge on any atom is 0.268 e. The predicted octanol–water partition coefficient (Wildman–Crippen LogP) is 3.23. The van der Waals surface area contributed by atoms with Gasteiger partial charge in [0.15, 0.2) is 0 Å². The molecule has 19 heavy (non-hydrogen) atoms. The fourth-order valence-electron chi connectivity index (χ4n) is 2.58. The number of hydrogen-bond acceptors (Lipinski definition) is 2. The minimum absolute atomic E-state index is 0.151. The Labute approximate surface area is 114 Å². The Balaban J connectivity index is 2.22. The highest BCUT2D eigenvalue weighted by atomic mass is 16.1. The van der Waals surface area contributed by atoms with Gasteiger partial charge in [-0.2, -0.15) is 5.26 Å². The van der Waals surface area contributed by atoms with Crippen molar-refractivity contribution in [2.75, 3.05) is 0 Å². The largest absolute Gasteiger partial charge is 0.314 e. The van der Waals surface area contributed by atoms with Crippen molar-refractivity contribution < 1.29 is 0 Å². The fraction of sp³-hybridized carbons (Fsp3) is 0.500. The molecule has 0 saturated heterocycles. The molecule has 0 fully saturated rings. The summed E-state index contributed by atoms with van der Waals surface area (Å²) in [5.74, 6) is 0. The fourth-order valence-corrected chi connectivity index (χ4v) is 2.58. The van der Waals surface area contributed by atoms with Gasteiger partial charge in [0.2, 0.25) is 0 Å². The summed E-state index contributed by atoms with van der Waals surface area (Å²) < 4.78 is 1.69. The molecule has 1 aliphatic rings. The molecule has 0 atom stereocenters. The van der Waals surface area contributed by atoms with Gasteiger partial charge < -0.3 is 4.57 Å². The Bertz CT molecular complexity index is 602. The van der Waals surface area contributed by atoms with E-state index in [4.69, 9.17) is 5.26 Å². The van der Waals surface area contributed by atoms with E-state index < -0.39 is 0 Å². The molecule has 0 aliphatic heterocycles. The van der Waals surface area contributed by atoms with Crippen LogP contribution in [0.4, 0.5) is 0 Å². The monoisotopic (exact) mass is 256 g/mol. The Morgan fingerprint density at radius 3 is 2.79 bits per heavy atom. The molecule has 1 aromatic heterocycles. The van der Waals surface area contributed by atoms with Gasteiger partial charge in [0.05, 0.1) is 0 Å². The third kappa shape index (κ3) is 2.96. The first-order chi connectivity index (χ1) is 9.13. The molecular formula is C16H20N2O. The molecule has 2 rings (SSSR count). The topological polar surface area (TPSA) is 45.8 Å². The highest BCUT2D eigenvalue weighted by Crippen LogP contribution is 2.20. The summed E-state index contributed by atoms with van der Waals surface area (Å²) in [6.07, 6.45) is 9.98. The van der Waals surface area contributed by atoms with Crippen LogP contribution < -0.4 is 5.56 Å². The van der Waals surface area contributed by atoms with E-state index in [2.05, 4.69) is 6.08 Å². The molecule has 1 heterocycles. The van der Waals surface area contributed by atoms with Gasteiger partial charge in [-0.15, -0.1) is 0 Å². The third-order valence-corrected chi connectivity index (χ3v) is 3.96. The van der Waals surface area contributed by atoms with Crippen molar-refractivity contribution in [3.05, 3.63) is 44.9 Å². The summed E-state index contributed by atoms with van der Waals surface area (Å²) in [6, 6.07) is 2.03. The molecule has 0 aromatic carbocycles. The number of aromatic nitrogens is 1. The second-order valence-corrected chi connectivity index (χ2v) is 5.28. The van der Waals surface area contributed by atoms with E-state index in [1.165, 1.54) is 24.8 Å². The lowest BCUT2D eigenvalue weighted by atomic mass is 9.97. The van der Waals surface area contributed by atoms with E-state index in [1.807, 2.05) is 26.1 Å². The number of nitriles is 1. The van der Waals surface area contributed by atoms with Crippen molar-refractivity contribution >= 4 is 0 Å². The molecule has 0 N–H and O–H groups in total. The standard InChI is InChI=1S/C16H20N2O/c1-12-11-18(16(19)15(10-17)13(12)2)9-8-14-6-4-3-5-7-14/h6,11H,3-5,7-9H2,1-2H3. The van der Waals surface area contributed by atoms with Crippen LogP contribution in [0.5, 0.6) is 0 Å². The van der Waals surface area contributed by atoms with Crippen LogP contribution in [-0.2, 0) is 6.54 Å². The SMILES string of the molecule is Cc1cn(CCC2=CCCCC2)c(=O)c(C#N)c1C. The zero-order chi connectivity index (χ0) is 13.8. The predicted molar refractivity (Wildman–Crippen MR) is 76.1 cm³/mol. The van der Waals surface area contributed by atoms with Crippen LogP contribution in [0.15, 0.2) is 22.6 Å². The Morgan fingerprint density at radius 1 is 1.37 bits per heavy atom. The van der Waals surface area contributed by atoms with Crippen molar-refractivity contribution in [2.45, 2.75) is 52.5 Å². The molecule has 1 aliphatic carbocycles. The van der Waals surface area contributed by atoms with Gasteiger partial charge in [-0.05, 0) is 57.1 Å². The summed E-state index contributed by atoms with van der Waals surface area (Å²) in [6.45, 7) is 4.47. The van der Waals surface area contributed by atoms with Crippen molar-refractivity contribution in [1.29, 1.82) is 5.26 Å². The first-order valence-corrected chi connectivity index (χ1v) is 6.92. The lowest BCUT2D eigenvalue weighted by molar-refractivity contribution is 0.611. The zero-order valence-electron chi connectivity index (χ0n) is 11.7. The minimum Gasteiger partial charge on any atom is -0.314 e. The number of aryl methyl sites for hydroxylation is 2. The Morgan fingerprint density at radius 2 is 2.16 bits per heavy atom. The van der Waals surface area contributed by atoms with E-state index in [-0.39, 0.29) is 11.1 Å². The maximum atomic E-state index is 12.2. The average molecular weight is 256 g/mol. The first-order valence-electron chi connectivity index (χ1n) is 6.92. The number of rotatable bonds is 3. The average Bonchev–Trinajstić information content (AvgIpc) is 2.43. The summed E-state index contributed by atoms with van der Waals surface area (Å²) in [5.41, 5.74) is 3.41. The van der Waals surface area contributed by atoms with Gasteiger partial charge >= 0.3 is 0 Å². The van der Waals surface area contributed by atoms with Crippen molar-refractivity contribution in [3.8, 4) is 6.07 Å². The summed E-state index contributed by atoms with van der Waals surface area (Å²) in [4.78, 5) is 12.2. The normalized spacial score (nSPS) is 14.9. The van der Waals surface area contributed by atoms with Gasteiger partial charge in [0.1, 0.15) is 11.6 Å². The Kier molecular flexibility index (Phi) is 4.21. The van der Waals surface area contributed by atoms with Crippen LogP contribution in [0.3, 0.4) is 0 Å². The van der Waals surface area contributed by atoms with Crippen LogP contribution >= 0.6 is 0 Å². The van der Waals surface area contributed by atoms with Crippen molar-refractivity contribution in [2.24, 2.45) is 0 Å². The number of allylic oxidation sites excluding steroid dienone is 2. The molecule has 0 bridgehead atoms. The second kappa shape index (κ2) is 5.88. The third-order valence-electron chi connectivity index (χ3n) is 3.96. The minimum atomic E-state index is -0.151. The van der Waals surface area contributed by atoms with Crippen LogP contribution in [0, 0.1) is 25.2 Å². The number of nitrogens with zero attached hydrogens (tertiary/aromatic N) is 2. The van der Waals surface area contributed by atoms with E-state index in [0.29, 0.717) is 6.54 Å². The van der Waals surface area contributed by atoms with Crippen LogP contribution in [0.2, 0.25) is 0 Å². The van der Waals surface area contributed by atoms with E-state index in [9.17, 15) is 4.79 Å². The van der Waals surface area contributed by atoms with Gasteiger partial charge in [-0.25, -0.2) is 0 Å². The van der Waals surface area contributed by atoms with Gasteiger partial charge in [-0.1, -0.05) is 11.6 Å². The highest BCUT2D eigenvalue weighted by molar-refractivity contribution is 5.38. The van der Waals surface area contributed by atoms with Gasteiger partial charge in [-0.3, -0.25) is 4.79 Å². The highest BCUT2D eigenvalue weighted by Gasteiger charge is 2.10. The second-order valence-electron chi connectivity index (χ2n) is 5.28. The molecule has 0 saturated carbocycles. The van der Waals surface area contributed by atoms with E-state index in [1.54, 1.807) is 4.57 Å². The molecule has 3 heteroatoms. The van der Waals surface area contributed by atoms with E-state index >= 15 is 0 Å². The molecular weight excluding hydrogens is 236 g/mol. The Hall–Kier alpha value is -1.82. The van der Waals surface area contributed by atoms with Crippen LogP contribution in [-0.4, -0.2) is 4.57 Å². The van der Waals surface area contributed by atoms with Gasteiger partial charge in [0, 0.05) is 12.7 Å². The lowest BCUT2D eigenvalue weighted by Crippen LogP contribution is -2.24. The molecule has 0 radical (unpaired) electrons. The first kappa shape index (κ1) is 13.6. The maximum absolute atomic E-state index is 12.2. The molecule has 0 unspecified atom stereocenters. The smallest absolute Gasteiger partial charge is 0.268 e. The summed E-state index contributed by atoms with van der Waals surface area (Å²) in [7, 11) is 0. The summed E-state index contributed by atoms with van der Waals surface area (Å²) >= 11 is 0. The number of pyridine rings is 1. The molecule has 0 amide bonds. The molecule has 100 valence electrons. The molecule has 3 nitrogen and oxygen atoms in total. The zero-order valence-corrected chi connectivity index (χ0v) is 11.7. The van der Waals surface area contributed by atoms with E-state index in [0.717, 1.165) is 24.0 Å².